The van der Waals surface area contributed by atoms with Gasteiger partial charge in [0.15, 0.2) is 11.5 Å². The molecule has 1 aliphatic carbocycles. The average molecular weight is 709 g/mol. The molecule has 0 bridgehead atoms. The van der Waals surface area contributed by atoms with Crippen molar-refractivity contribution < 1.29 is 36.9 Å². The van der Waals surface area contributed by atoms with Gasteiger partial charge in [0.2, 0.25) is 10.0 Å². The SMILES string of the molecule is COc1ccc(C(Cc2c(Cl)cncc2Cl)OC(=O)c2ccc(OC)c(N(CCN3CCOCC3)S(C)(=O)=O)c2)cc1OCC1CC1. The van der Waals surface area contributed by atoms with Crippen molar-refractivity contribution in [1.82, 2.24) is 9.88 Å². The van der Waals surface area contributed by atoms with Crippen LogP contribution in [-0.4, -0.2) is 90.7 Å². The molecular weight excluding hydrogens is 669 g/mol. The van der Waals surface area contributed by atoms with Crippen LogP contribution in [0.1, 0.15) is 40.4 Å². The van der Waals surface area contributed by atoms with Gasteiger partial charge in [-0.15, -0.1) is 0 Å². The summed E-state index contributed by atoms with van der Waals surface area (Å²) in [5.74, 6) is 1.21. The molecule has 3 aromatic rings. The summed E-state index contributed by atoms with van der Waals surface area (Å²) in [5.41, 5.74) is 1.55. The molecule has 0 N–H and O–H groups in total. The number of carbonyl (C=O) groups is 1. The largest absolute Gasteiger partial charge is 0.495 e. The molecule has 14 heteroatoms. The first kappa shape index (κ1) is 35.0. The molecule has 0 spiro atoms. The number of anilines is 1. The van der Waals surface area contributed by atoms with Crippen LogP contribution in [0.15, 0.2) is 48.8 Å². The zero-order valence-corrected chi connectivity index (χ0v) is 28.9. The zero-order chi connectivity index (χ0) is 33.6. The molecule has 1 aromatic heterocycles. The molecular formula is C33H39Cl2N3O8S. The molecule has 2 heterocycles. The van der Waals surface area contributed by atoms with E-state index < -0.39 is 22.1 Å². The highest BCUT2D eigenvalue weighted by atomic mass is 35.5. The Morgan fingerprint density at radius 2 is 1.70 bits per heavy atom. The lowest BCUT2D eigenvalue weighted by molar-refractivity contribution is 0.0296. The number of benzene rings is 2. The van der Waals surface area contributed by atoms with Crippen molar-refractivity contribution in [3.05, 3.63) is 75.5 Å². The number of carbonyl (C=O) groups excluding carboxylic acids is 1. The number of methoxy groups -OCH3 is 2. The molecule has 1 unspecified atom stereocenters. The fourth-order valence-electron chi connectivity index (χ4n) is 5.28. The van der Waals surface area contributed by atoms with E-state index in [1.54, 1.807) is 31.4 Å². The topological polar surface area (TPSA) is 117 Å². The predicted molar refractivity (Wildman–Crippen MR) is 180 cm³/mol. The lowest BCUT2D eigenvalue weighted by Crippen LogP contribution is -2.43. The molecule has 11 nitrogen and oxygen atoms in total. The lowest BCUT2D eigenvalue weighted by Gasteiger charge is -2.30. The highest BCUT2D eigenvalue weighted by Crippen LogP contribution is 2.38. The first-order chi connectivity index (χ1) is 22.6. The fourth-order valence-corrected chi connectivity index (χ4v) is 6.71. The second kappa shape index (κ2) is 15.7. The zero-order valence-electron chi connectivity index (χ0n) is 26.6. The van der Waals surface area contributed by atoms with Gasteiger partial charge in [-0.1, -0.05) is 29.3 Å². The second-order valence-electron chi connectivity index (χ2n) is 11.5. The Kier molecular flexibility index (Phi) is 11.7. The number of ether oxygens (including phenoxy) is 5. The van der Waals surface area contributed by atoms with Crippen LogP contribution in [0, 0.1) is 5.92 Å². The normalized spacial score (nSPS) is 15.9. The van der Waals surface area contributed by atoms with Crippen molar-refractivity contribution in [3.63, 3.8) is 0 Å². The summed E-state index contributed by atoms with van der Waals surface area (Å²) >= 11 is 13.0. The number of hydrogen-bond donors (Lipinski definition) is 0. The summed E-state index contributed by atoms with van der Waals surface area (Å²) < 4.78 is 56.0. The smallest absolute Gasteiger partial charge is 0.338 e. The highest BCUT2D eigenvalue weighted by Gasteiger charge is 2.28. The van der Waals surface area contributed by atoms with Crippen molar-refractivity contribution in [1.29, 1.82) is 0 Å². The molecule has 254 valence electrons. The van der Waals surface area contributed by atoms with Crippen LogP contribution >= 0.6 is 23.2 Å². The third kappa shape index (κ3) is 9.20. The van der Waals surface area contributed by atoms with Crippen LogP contribution in [0.2, 0.25) is 10.0 Å². The van der Waals surface area contributed by atoms with Gasteiger partial charge in [-0.05, 0) is 60.2 Å². The molecule has 5 rings (SSSR count). The quantitative estimate of drug-likeness (QED) is 0.189. The van der Waals surface area contributed by atoms with E-state index in [0.717, 1.165) is 19.1 Å². The maximum atomic E-state index is 13.9. The van der Waals surface area contributed by atoms with Crippen molar-refractivity contribution in [2.45, 2.75) is 25.4 Å². The maximum Gasteiger partial charge on any atom is 0.338 e. The number of aromatic nitrogens is 1. The van der Waals surface area contributed by atoms with E-state index in [1.807, 2.05) is 0 Å². The summed E-state index contributed by atoms with van der Waals surface area (Å²) in [5, 5.41) is 0.654. The summed E-state index contributed by atoms with van der Waals surface area (Å²) in [6.07, 6.45) is 5.61. The monoisotopic (exact) mass is 707 g/mol. The number of morpholine rings is 1. The van der Waals surface area contributed by atoms with Crippen LogP contribution in [0.3, 0.4) is 0 Å². The maximum absolute atomic E-state index is 13.9. The van der Waals surface area contributed by atoms with Crippen LogP contribution in [0.25, 0.3) is 0 Å². The van der Waals surface area contributed by atoms with Gasteiger partial charge < -0.3 is 23.7 Å². The second-order valence-corrected chi connectivity index (χ2v) is 14.2. The number of rotatable bonds is 15. The van der Waals surface area contributed by atoms with Crippen molar-refractivity contribution >= 4 is 44.9 Å². The number of halogens is 2. The molecule has 0 amide bonds. The molecule has 1 atom stereocenters. The van der Waals surface area contributed by atoms with Crippen LogP contribution in [-0.2, 0) is 25.9 Å². The summed E-state index contributed by atoms with van der Waals surface area (Å²) in [6.45, 7) is 3.77. The Morgan fingerprint density at radius 3 is 2.34 bits per heavy atom. The Bertz CT molecular complexity index is 1650. The van der Waals surface area contributed by atoms with Gasteiger partial charge in [-0.3, -0.25) is 14.2 Å². The van der Waals surface area contributed by atoms with E-state index in [2.05, 4.69) is 9.88 Å². The fraction of sp³-hybridized carbons (Fsp3) is 0.455. The van der Waals surface area contributed by atoms with Crippen molar-refractivity contribution in [2.24, 2.45) is 5.92 Å². The number of sulfonamides is 1. The molecule has 1 saturated carbocycles. The van der Waals surface area contributed by atoms with E-state index in [9.17, 15) is 13.2 Å². The number of nitrogens with zero attached hydrogens (tertiary/aromatic N) is 3. The summed E-state index contributed by atoms with van der Waals surface area (Å²) in [4.78, 5) is 20.0. The van der Waals surface area contributed by atoms with Gasteiger partial charge in [-0.2, -0.15) is 0 Å². The molecule has 47 heavy (non-hydrogen) atoms. The first-order valence-electron chi connectivity index (χ1n) is 15.3. The molecule has 2 fully saturated rings. The molecule has 0 radical (unpaired) electrons. The Balaban J connectivity index is 1.46. The van der Waals surface area contributed by atoms with Crippen LogP contribution in [0.4, 0.5) is 5.69 Å². The van der Waals surface area contributed by atoms with E-state index in [1.165, 1.54) is 35.9 Å². The summed E-state index contributed by atoms with van der Waals surface area (Å²) in [7, 11) is -0.734. The minimum atomic E-state index is -3.75. The van der Waals surface area contributed by atoms with Gasteiger partial charge in [0.25, 0.3) is 0 Å². The van der Waals surface area contributed by atoms with Crippen molar-refractivity contribution in [2.75, 3.05) is 70.8 Å². The molecule has 1 aliphatic heterocycles. The van der Waals surface area contributed by atoms with Crippen molar-refractivity contribution in [3.8, 4) is 17.2 Å². The third-order valence-electron chi connectivity index (χ3n) is 8.13. The minimum Gasteiger partial charge on any atom is -0.495 e. The molecule has 2 aliphatic rings. The average Bonchev–Trinajstić information content (AvgIpc) is 3.89. The predicted octanol–water partition coefficient (Wildman–Crippen LogP) is 5.43. The van der Waals surface area contributed by atoms with Gasteiger partial charge in [0, 0.05) is 45.0 Å². The molecule has 2 aromatic carbocycles. The van der Waals surface area contributed by atoms with Crippen LogP contribution in [0.5, 0.6) is 17.2 Å². The van der Waals surface area contributed by atoms with Gasteiger partial charge in [0.05, 0.1) is 61.6 Å². The van der Waals surface area contributed by atoms with Gasteiger partial charge >= 0.3 is 5.97 Å². The first-order valence-corrected chi connectivity index (χ1v) is 17.9. The summed E-state index contributed by atoms with van der Waals surface area (Å²) in [6, 6.07) is 9.91. The Labute approximate surface area is 285 Å². The molecule has 1 saturated heterocycles. The van der Waals surface area contributed by atoms with Gasteiger partial charge in [0.1, 0.15) is 11.9 Å². The number of esters is 1. The highest BCUT2D eigenvalue weighted by molar-refractivity contribution is 7.92. The van der Waals surface area contributed by atoms with Crippen LogP contribution < -0.4 is 18.5 Å². The lowest BCUT2D eigenvalue weighted by atomic mass is 10.0. The van der Waals surface area contributed by atoms with E-state index in [-0.39, 0.29) is 24.2 Å². The Hall–Kier alpha value is -3.29. The number of pyridine rings is 1. The third-order valence-corrected chi connectivity index (χ3v) is 9.96. The van der Waals surface area contributed by atoms with E-state index in [4.69, 9.17) is 46.9 Å². The van der Waals surface area contributed by atoms with Gasteiger partial charge in [-0.25, -0.2) is 13.2 Å². The standard InChI is InChI=1S/C33H39Cl2N3O8S/c1-42-29-8-7-24(16-28(29)38(47(3,40)41)11-10-37-12-14-44-15-13-37)33(39)46-31(18-25-26(34)19-36-20-27(25)35)23-6-9-30(43-2)32(17-23)45-21-22-4-5-22/h6-9,16-17,19-20,22,31H,4-5,10-15,18,21H2,1-3H3. The number of hydrogen-bond acceptors (Lipinski definition) is 10. The minimum absolute atomic E-state index is 0.136. The Morgan fingerprint density at radius 1 is 1.02 bits per heavy atom. The van der Waals surface area contributed by atoms with E-state index in [0.29, 0.717) is 83.8 Å². The van der Waals surface area contributed by atoms with E-state index >= 15 is 0 Å².